The number of rotatable bonds is 9. The number of urea groups is 1. The lowest BCUT2D eigenvalue weighted by atomic mass is 10.1. The monoisotopic (exact) mass is 637 g/mol. The maximum atomic E-state index is 13.1. The van der Waals surface area contributed by atoms with E-state index >= 15 is 0 Å². The molecule has 0 aliphatic carbocycles. The summed E-state index contributed by atoms with van der Waals surface area (Å²) in [6.07, 6.45) is 0. The van der Waals surface area contributed by atoms with E-state index in [9.17, 15) is 13.2 Å². The topological polar surface area (TPSA) is 87.7 Å². The lowest BCUT2D eigenvalue weighted by Crippen LogP contribution is -2.32. The molecule has 0 radical (unpaired) electrons. The quantitative estimate of drug-likeness (QED) is 0.259. The number of aryl methyl sites for hydroxylation is 1. The lowest BCUT2D eigenvalue weighted by Gasteiger charge is -2.21. The maximum absolute atomic E-state index is 13.1. The molecule has 3 rings (SSSR count). The third-order valence-electron chi connectivity index (χ3n) is 5.54. The first-order valence-electron chi connectivity index (χ1n) is 11.5. The first-order valence-corrected chi connectivity index (χ1v) is 14.5. The summed E-state index contributed by atoms with van der Waals surface area (Å²) in [4.78, 5) is 13.0. The van der Waals surface area contributed by atoms with Crippen LogP contribution in [0.3, 0.4) is 0 Å². The van der Waals surface area contributed by atoms with Crippen LogP contribution in [0.15, 0.2) is 74.5 Å². The van der Waals surface area contributed by atoms with E-state index in [-0.39, 0.29) is 16.6 Å². The molecule has 3 aromatic carbocycles. The zero-order valence-electron chi connectivity index (χ0n) is 20.5. The largest absolute Gasteiger partial charge is 0.455 e. The van der Waals surface area contributed by atoms with Gasteiger partial charge in [-0.3, -0.25) is 0 Å². The van der Waals surface area contributed by atoms with E-state index < -0.39 is 16.1 Å². The van der Waals surface area contributed by atoms with Crippen LogP contribution in [0.2, 0.25) is 0 Å². The van der Waals surface area contributed by atoms with E-state index in [0.29, 0.717) is 24.6 Å². The molecule has 0 bridgehead atoms. The zero-order valence-corrected chi connectivity index (χ0v) is 24.5. The maximum Gasteiger partial charge on any atom is 0.319 e. The van der Waals surface area contributed by atoms with Crippen molar-refractivity contribution in [1.29, 1.82) is 0 Å². The average molecular weight is 639 g/mol. The van der Waals surface area contributed by atoms with E-state index in [4.69, 9.17) is 4.74 Å². The van der Waals surface area contributed by atoms with Crippen LogP contribution < -0.4 is 15.4 Å². The number of carbonyl (C=O) groups excluding carboxylic acids is 1. The molecule has 2 amide bonds. The first kappa shape index (κ1) is 28.2. The normalized spacial score (nSPS) is 12.3. The fourth-order valence-electron chi connectivity index (χ4n) is 3.66. The van der Waals surface area contributed by atoms with Crippen LogP contribution in [0.25, 0.3) is 0 Å². The second-order valence-electron chi connectivity index (χ2n) is 8.15. The second kappa shape index (κ2) is 12.2. The number of nitrogens with zero attached hydrogens (tertiary/aromatic N) is 1. The van der Waals surface area contributed by atoms with Gasteiger partial charge in [-0.2, -0.15) is 4.31 Å². The minimum Gasteiger partial charge on any atom is -0.455 e. The van der Waals surface area contributed by atoms with Gasteiger partial charge in [-0.15, -0.1) is 0 Å². The number of carbonyl (C=O) groups is 1. The molecule has 0 spiro atoms. The standard InChI is InChI=1S/C26H29Br2N3O4S/c1-5-31(6-2)36(33,34)21-11-13-25(35-20-9-7-8-17(3)14-20)24(16-21)30-26(32)29-18(4)22-12-10-19(27)15-23(22)28/h7-16,18H,5-6H2,1-4H3,(H2,29,30,32). The molecule has 1 unspecified atom stereocenters. The molecule has 10 heteroatoms. The molecule has 3 aromatic rings. The molecule has 1 atom stereocenters. The van der Waals surface area contributed by atoms with Gasteiger partial charge in [0.1, 0.15) is 5.75 Å². The van der Waals surface area contributed by atoms with Crippen LogP contribution >= 0.6 is 31.9 Å². The number of nitrogens with one attached hydrogen (secondary N) is 2. The summed E-state index contributed by atoms with van der Waals surface area (Å²) in [5.74, 6) is 0.900. The van der Waals surface area contributed by atoms with Gasteiger partial charge in [0.15, 0.2) is 5.75 Å². The molecule has 0 saturated heterocycles. The predicted molar refractivity (Wildman–Crippen MR) is 150 cm³/mol. The number of hydrogen-bond donors (Lipinski definition) is 2. The number of halogens is 2. The van der Waals surface area contributed by atoms with Crippen molar-refractivity contribution in [2.24, 2.45) is 0 Å². The van der Waals surface area contributed by atoms with Crippen LogP contribution in [0.4, 0.5) is 10.5 Å². The van der Waals surface area contributed by atoms with Crippen molar-refractivity contribution in [3.8, 4) is 11.5 Å². The Kier molecular flexibility index (Phi) is 9.57. The SMILES string of the molecule is CCN(CC)S(=O)(=O)c1ccc(Oc2cccc(C)c2)c(NC(=O)NC(C)c2ccc(Br)cc2Br)c1. The molecule has 0 aliphatic rings. The Hall–Kier alpha value is -2.40. The molecule has 0 aromatic heterocycles. The third kappa shape index (κ3) is 6.88. The Morgan fingerprint density at radius 2 is 1.75 bits per heavy atom. The molecular weight excluding hydrogens is 610 g/mol. The molecule has 0 saturated carbocycles. The van der Waals surface area contributed by atoms with Crippen LogP contribution in [0, 0.1) is 6.92 Å². The second-order valence-corrected chi connectivity index (χ2v) is 11.9. The third-order valence-corrected chi connectivity index (χ3v) is 8.76. The smallest absolute Gasteiger partial charge is 0.319 e. The molecule has 192 valence electrons. The highest BCUT2D eigenvalue weighted by atomic mass is 79.9. The van der Waals surface area contributed by atoms with Gasteiger partial charge in [-0.25, -0.2) is 13.2 Å². The van der Waals surface area contributed by atoms with Crippen molar-refractivity contribution in [3.05, 3.63) is 80.7 Å². The zero-order chi connectivity index (χ0) is 26.5. The number of hydrogen-bond acceptors (Lipinski definition) is 4. The molecule has 0 heterocycles. The van der Waals surface area contributed by atoms with Gasteiger partial charge in [0.25, 0.3) is 0 Å². The summed E-state index contributed by atoms with van der Waals surface area (Å²) in [7, 11) is -3.74. The van der Waals surface area contributed by atoms with Crippen LogP contribution in [-0.4, -0.2) is 31.8 Å². The van der Waals surface area contributed by atoms with Gasteiger partial charge in [0.05, 0.1) is 16.6 Å². The van der Waals surface area contributed by atoms with Crippen molar-refractivity contribution < 1.29 is 17.9 Å². The number of benzene rings is 3. The van der Waals surface area contributed by atoms with Crippen LogP contribution in [-0.2, 0) is 10.0 Å². The van der Waals surface area contributed by atoms with Crippen LogP contribution in [0.5, 0.6) is 11.5 Å². The van der Waals surface area contributed by atoms with E-state index in [1.165, 1.54) is 16.4 Å². The highest BCUT2D eigenvalue weighted by Gasteiger charge is 2.24. The fraction of sp³-hybridized carbons (Fsp3) is 0.269. The van der Waals surface area contributed by atoms with Crippen molar-refractivity contribution in [2.75, 3.05) is 18.4 Å². The van der Waals surface area contributed by atoms with E-state index in [0.717, 1.165) is 20.1 Å². The number of sulfonamides is 1. The molecule has 0 fully saturated rings. The molecule has 0 aliphatic heterocycles. The summed E-state index contributed by atoms with van der Waals surface area (Å²) < 4.78 is 35.4. The number of anilines is 1. The average Bonchev–Trinajstić information content (AvgIpc) is 2.80. The Morgan fingerprint density at radius 1 is 1.03 bits per heavy atom. The Morgan fingerprint density at radius 3 is 2.39 bits per heavy atom. The van der Waals surface area contributed by atoms with Gasteiger partial charge >= 0.3 is 6.03 Å². The minimum atomic E-state index is -3.74. The fourth-order valence-corrected chi connectivity index (χ4v) is 6.54. The first-order chi connectivity index (χ1) is 17.0. The summed E-state index contributed by atoms with van der Waals surface area (Å²) in [6.45, 7) is 8.04. The van der Waals surface area contributed by atoms with E-state index in [1.54, 1.807) is 26.0 Å². The van der Waals surface area contributed by atoms with Crippen molar-refractivity contribution >= 4 is 53.6 Å². The van der Waals surface area contributed by atoms with Crippen molar-refractivity contribution in [3.63, 3.8) is 0 Å². The van der Waals surface area contributed by atoms with Gasteiger partial charge in [0, 0.05) is 22.0 Å². The van der Waals surface area contributed by atoms with Crippen molar-refractivity contribution in [2.45, 2.75) is 38.6 Å². The number of amides is 2. The number of ether oxygens (including phenoxy) is 1. The predicted octanol–water partition coefficient (Wildman–Crippen LogP) is 7.23. The minimum absolute atomic E-state index is 0.0711. The lowest BCUT2D eigenvalue weighted by molar-refractivity contribution is 0.249. The summed E-state index contributed by atoms with van der Waals surface area (Å²) >= 11 is 6.95. The molecule has 36 heavy (non-hydrogen) atoms. The Bertz CT molecular complexity index is 1340. The summed E-state index contributed by atoms with van der Waals surface area (Å²) in [6, 6.07) is 16.8. The molecule has 2 N–H and O–H groups in total. The highest BCUT2D eigenvalue weighted by molar-refractivity contribution is 9.11. The highest BCUT2D eigenvalue weighted by Crippen LogP contribution is 2.33. The van der Waals surface area contributed by atoms with Crippen LogP contribution in [0.1, 0.15) is 37.9 Å². The van der Waals surface area contributed by atoms with Crippen molar-refractivity contribution in [1.82, 2.24) is 9.62 Å². The summed E-state index contributed by atoms with van der Waals surface area (Å²) in [5.41, 5.74) is 2.14. The van der Waals surface area contributed by atoms with E-state index in [1.807, 2.05) is 50.2 Å². The van der Waals surface area contributed by atoms with Gasteiger partial charge in [-0.1, -0.05) is 63.9 Å². The molecular formula is C26H29Br2N3O4S. The Balaban J connectivity index is 1.93. The summed E-state index contributed by atoms with van der Waals surface area (Å²) in [5, 5.41) is 5.68. The van der Waals surface area contributed by atoms with Gasteiger partial charge < -0.3 is 15.4 Å². The van der Waals surface area contributed by atoms with Gasteiger partial charge in [0.2, 0.25) is 10.0 Å². The van der Waals surface area contributed by atoms with E-state index in [2.05, 4.69) is 42.5 Å². The molecule has 7 nitrogen and oxygen atoms in total. The van der Waals surface area contributed by atoms with Gasteiger partial charge in [-0.05, 0) is 67.4 Å². The Labute approximate surface area is 229 Å².